The highest BCUT2D eigenvalue weighted by atomic mass is 32.2. The molecular formula is C25H34N2O2S. The molecule has 1 heterocycles. The third-order valence-corrected chi connectivity index (χ3v) is 6.65. The number of hydrogen-bond donors (Lipinski definition) is 1. The maximum atomic E-state index is 11.4. The largest absolute Gasteiger partial charge is 0.466 e. The van der Waals surface area contributed by atoms with Gasteiger partial charge in [-0.3, -0.25) is 4.79 Å². The fourth-order valence-corrected chi connectivity index (χ4v) is 4.99. The molecule has 1 aromatic carbocycles. The summed E-state index contributed by atoms with van der Waals surface area (Å²) in [5.41, 5.74) is 4.01. The molecule has 5 heteroatoms. The van der Waals surface area contributed by atoms with Crippen molar-refractivity contribution in [3.8, 4) is 0 Å². The van der Waals surface area contributed by atoms with Crippen LogP contribution in [0.1, 0.15) is 64.0 Å². The molecule has 1 aromatic rings. The number of ether oxygens (including phenoxy) is 1. The van der Waals surface area contributed by atoms with Gasteiger partial charge in [-0.25, -0.2) is 0 Å². The van der Waals surface area contributed by atoms with Crippen molar-refractivity contribution in [2.75, 3.05) is 19.7 Å². The molecule has 1 atom stereocenters. The fraction of sp³-hybridized carbons (Fsp3) is 0.480. The molecular weight excluding hydrogens is 392 g/mol. The van der Waals surface area contributed by atoms with Crippen LogP contribution in [0.15, 0.2) is 64.7 Å². The molecule has 0 radical (unpaired) electrons. The van der Waals surface area contributed by atoms with Crippen LogP contribution in [0.25, 0.3) is 0 Å². The topological polar surface area (TPSA) is 41.6 Å². The first-order valence-electron chi connectivity index (χ1n) is 11.2. The molecule has 0 aromatic heterocycles. The molecule has 3 rings (SSSR count). The fourth-order valence-electron chi connectivity index (χ4n) is 3.93. The standard InChI is InChI=1S/C25H34N2O2S/c1-3-27-22-16-9-7-8-14-20(22)25(21-15-11-12-17-23(21)30-27)26-19-13-6-5-10-18-24(28)29-4-2/h8-9,11-12,14-17,25-26H,3-7,10,13,18-19H2,1-2H3. The molecule has 30 heavy (non-hydrogen) atoms. The van der Waals surface area contributed by atoms with Crippen molar-refractivity contribution in [2.24, 2.45) is 0 Å². The molecule has 0 saturated heterocycles. The Kier molecular flexibility index (Phi) is 9.09. The van der Waals surface area contributed by atoms with Gasteiger partial charge >= 0.3 is 5.97 Å². The monoisotopic (exact) mass is 426 g/mol. The SMILES string of the molecule is CCOC(=O)CCCCCCNC1C2=C(C=CCC=C2)N(CC)Sc2ccccc21. The van der Waals surface area contributed by atoms with E-state index >= 15 is 0 Å². The molecule has 1 aliphatic carbocycles. The summed E-state index contributed by atoms with van der Waals surface area (Å²) >= 11 is 1.84. The third kappa shape index (κ3) is 6.02. The number of fused-ring (bicyclic) bond motifs is 1. The van der Waals surface area contributed by atoms with Gasteiger partial charge in [-0.15, -0.1) is 0 Å². The molecule has 0 bridgehead atoms. The number of allylic oxidation sites excluding steroid dienone is 3. The number of nitrogens with one attached hydrogen (secondary N) is 1. The Labute approximate surface area is 185 Å². The van der Waals surface area contributed by atoms with Crippen LogP contribution in [-0.4, -0.2) is 30.0 Å². The minimum Gasteiger partial charge on any atom is -0.466 e. The van der Waals surface area contributed by atoms with Crippen molar-refractivity contribution in [1.29, 1.82) is 0 Å². The number of rotatable bonds is 10. The van der Waals surface area contributed by atoms with E-state index in [1.807, 2.05) is 18.9 Å². The van der Waals surface area contributed by atoms with E-state index in [1.54, 1.807) is 0 Å². The molecule has 1 unspecified atom stereocenters. The highest BCUT2D eigenvalue weighted by Crippen LogP contribution is 2.42. The maximum Gasteiger partial charge on any atom is 0.305 e. The molecule has 0 saturated carbocycles. The van der Waals surface area contributed by atoms with Crippen LogP contribution in [0, 0.1) is 0 Å². The van der Waals surface area contributed by atoms with Crippen molar-refractivity contribution in [3.63, 3.8) is 0 Å². The van der Waals surface area contributed by atoms with Crippen LogP contribution in [-0.2, 0) is 9.53 Å². The highest BCUT2D eigenvalue weighted by molar-refractivity contribution is 7.97. The molecule has 0 spiro atoms. The van der Waals surface area contributed by atoms with Gasteiger partial charge in [0.1, 0.15) is 0 Å². The number of carbonyl (C=O) groups excluding carboxylic acids is 1. The summed E-state index contributed by atoms with van der Waals surface area (Å²) in [6.45, 7) is 6.47. The second-order valence-corrected chi connectivity index (χ2v) is 8.62. The van der Waals surface area contributed by atoms with Crippen LogP contribution < -0.4 is 5.32 Å². The highest BCUT2D eigenvalue weighted by Gasteiger charge is 2.27. The van der Waals surface area contributed by atoms with E-state index in [-0.39, 0.29) is 12.0 Å². The van der Waals surface area contributed by atoms with E-state index in [9.17, 15) is 4.79 Å². The Balaban J connectivity index is 1.64. The maximum absolute atomic E-state index is 11.4. The molecule has 1 aliphatic heterocycles. The van der Waals surface area contributed by atoms with Crippen LogP contribution in [0.3, 0.4) is 0 Å². The molecule has 0 fully saturated rings. The quantitative estimate of drug-likeness (QED) is 0.285. The van der Waals surface area contributed by atoms with E-state index in [4.69, 9.17) is 4.74 Å². The average Bonchev–Trinajstić information content (AvgIpc) is 3.06. The summed E-state index contributed by atoms with van der Waals surface area (Å²) in [5.74, 6) is -0.0728. The van der Waals surface area contributed by atoms with Gasteiger partial charge in [-0.2, -0.15) is 0 Å². The molecule has 0 amide bonds. The number of esters is 1. The zero-order chi connectivity index (χ0) is 21.2. The Hall–Kier alpha value is -1.98. The van der Waals surface area contributed by atoms with Gasteiger partial charge in [-0.05, 0) is 74.9 Å². The van der Waals surface area contributed by atoms with Crippen molar-refractivity contribution >= 4 is 17.9 Å². The van der Waals surface area contributed by atoms with E-state index in [0.717, 1.165) is 45.2 Å². The Morgan fingerprint density at radius 3 is 2.77 bits per heavy atom. The summed E-state index contributed by atoms with van der Waals surface area (Å²) in [6.07, 6.45) is 14.8. The zero-order valence-corrected chi connectivity index (χ0v) is 19.0. The number of hydrogen-bond acceptors (Lipinski definition) is 5. The van der Waals surface area contributed by atoms with Gasteiger partial charge in [0.2, 0.25) is 0 Å². The van der Waals surface area contributed by atoms with Crippen LogP contribution in [0.2, 0.25) is 0 Å². The van der Waals surface area contributed by atoms with Crippen molar-refractivity contribution in [2.45, 2.75) is 63.3 Å². The average molecular weight is 427 g/mol. The second kappa shape index (κ2) is 12.0. The summed E-state index contributed by atoms with van der Waals surface area (Å²) < 4.78 is 7.40. The zero-order valence-electron chi connectivity index (χ0n) is 18.2. The lowest BCUT2D eigenvalue weighted by atomic mass is 9.96. The first-order valence-corrected chi connectivity index (χ1v) is 12.0. The predicted molar refractivity (Wildman–Crippen MR) is 125 cm³/mol. The van der Waals surface area contributed by atoms with Gasteiger partial charge in [0.05, 0.1) is 18.3 Å². The third-order valence-electron chi connectivity index (χ3n) is 5.41. The molecule has 1 N–H and O–H groups in total. The van der Waals surface area contributed by atoms with Gasteiger partial charge in [0.25, 0.3) is 0 Å². The number of carbonyl (C=O) groups is 1. The minimum absolute atomic E-state index is 0.0728. The summed E-state index contributed by atoms with van der Waals surface area (Å²) in [6, 6.07) is 8.95. The molecule has 2 aliphatic rings. The van der Waals surface area contributed by atoms with E-state index < -0.39 is 0 Å². The lowest BCUT2D eigenvalue weighted by Gasteiger charge is -2.24. The van der Waals surface area contributed by atoms with Gasteiger partial charge in [0.15, 0.2) is 0 Å². The van der Waals surface area contributed by atoms with Crippen LogP contribution in [0.5, 0.6) is 0 Å². The van der Waals surface area contributed by atoms with E-state index in [2.05, 4.69) is 65.1 Å². The minimum atomic E-state index is -0.0728. The Morgan fingerprint density at radius 2 is 1.93 bits per heavy atom. The molecule has 4 nitrogen and oxygen atoms in total. The van der Waals surface area contributed by atoms with Gasteiger partial charge in [-0.1, -0.05) is 49.3 Å². The summed E-state index contributed by atoms with van der Waals surface area (Å²) in [4.78, 5) is 12.8. The smallest absolute Gasteiger partial charge is 0.305 e. The van der Waals surface area contributed by atoms with Gasteiger partial charge < -0.3 is 14.4 Å². The summed E-state index contributed by atoms with van der Waals surface area (Å²) in [5, 5.41) is 3.83. The van der Waals surface area contributed by atoms with Crippen molar-refractivity contribution < 1.29 is 9.53 Å². The number of benzene rings is 1. The summed E-state index contributed by atoms with van der Waals surface area (Å²) in [7, 11) is 0. The lowest BCUT2D eigenvalue weighted by Crippen LogP contribution is -2.25. The number of nitrogens with zero attached hydrogens (tertiary/aromatic N) is 1. The van der Waals surface area contributed by atoms with E-state index in [0.29, 0.717) is 13.0 Å². The first kappa shape index (κ1) is 22.7. The van der Waals surface area contributed by atoms with Crippen LogP contribution >= 0.6 is 11.9 Å². The number of likely N-dealkylation sites (N-methyl/N-ethyl adjacent to an activating group) is 1. The second-order valence-electron chi connectivity index (χ2n) is 7.56. The van der Waals surface area contributed by atoms with Crippen molar-refractivity contribution in [3.05, 3.63) is 65.4 Å². The van der Waals surface area contributed by atoms with Crippen molar-refractivity contribution in [1.82, 2.24) is 9.62 Å². The normalized spacial score (nSPS) is 17.9. The van der Waals surface area contributed by atoms with Gasteiger partial charge in [0, 0.05) is 17.9 Å². The first-order chi connectivity index (χ1) is 14.7. The predicted octanol–water partition coefficient (Wildman–Crippen LogP) is 5.94. The van der Waals surface area contributed by atoms with Crippen LogP contribution in [0.4, 0.5) is 0 Å². The van der Waals surface area contributed by atoms with E-state index in [1.165, 1.54) is 21.7 Å². The lowest BCUT2D eigenvalue weighted by molar-refractivity contribution is -0.143. The molecule has 162 valence electrons. The Bertz CT molecular complexity index is 800. The Morgan fingerprint density at radius 1 is 1.13 bits per heavy atom. The number of unbranched alkanes of at least 4 members (excludes halogenated alkanes) is 3.